The lowest BCUT2D eigenvalue weighted by Crippen LogP contribution is -2.39. The van der Waals surface area contributed by atoms with Crippen LogP contribution in [0.5, 0.6) is 0 Å². The van der Waals surface area contributed by atoms with Crippen LogP contribution in [-0.2, 0) is 0 Å². The summed E-state index contributed by atoms with van der Waals surface area (Å²) in [5.74, 6) is 0. The minimum atomic E-state index is 0.642. The summed E-state index contributed by atoms with van der Waals surface area (Å²) in [6.07, 6.45) is 44.0. The Kier molecular flexibility index (Phi) is 25.0. The molecule has 37 heavy (non-hydrogen) atoms. The third kappa shape index (κ3) is 20.0. The summed E-state index contributed by atoms with van der Waals surface area (Å²) in [6.45, 7) is 9.47. The summed E-state index contributed by atoms with van der Waals surface area (Å²) >= 11 is 0. The van der Waals surface area contributed by atoms with Crippen LogP contribution in [0.4, 0.5) is 0 Å². The molecule has 1 unspecified atom stereocenters. The van der Waals surface area contributed by atoms with E-state index < -0.39 is 0 Å². The van der Waals surface area contributed by atoms with Crippen LogP contribution in [0.15, 0.2) is 12.4 Å². The molecule has 1 heterocycles. The quantitative estimate of drug-likeness (QED) is 0.0908. The number of rotatable bonds is 29. The van der Waals surface area contributed by atoms with Gasteiger partial charge in [0.05, 0.1) is 0 Å². The zero-order chi connectivity index (χ0) is 26.7. The Bertz CT molecular complexity index is 474. The molecule has 1 aliphatic heterocycles. The molecule has 0 aromatic rings. The van der Waals surface area contributed by atoms with E-state index in [0.29, 0.717) is 6.17 Å². The Hall–Kier alpha value is -0.660. The lowest BCUT2D eigenvalue weighted by Gasteiger charge is -2.33. The van der Waals surface area contributed by atoms with E-state index in [1.807, 2.05) is 0 Å². The second kappa shape index (κ2) is 26.9. The van der Waals surface area contributed by atoms with Gasteiger partial charge in [0, 0.05) is 25.5 Å². The van der Waals surface area contributed by atoms with Crippen LogP contribution in [0, 0.1) is 0 Å². The first-order chi connectivity index (χ1) is 18.3. The fraction of sp³-hybridized carbons (Fsp3) is 0.943. The molecule has 0 saturated heterocycles. The Morgan fingerprint density at radius 2 is 0.622 bits per heavy atom. The molecule has 0 fully saturated rings. The van der Waals surface area contributed by atoms with Gasteiger partial charge in [-0.15, -0.1) is 0 Å². The van der Waals surface area contributed by atoms with Gasteiger partial charge >= 0.3 is 0 Å². The van der Waals surface area contributed by atoms with Gasteiger partial charge in [0.2, 0.25) is 0 Å². The molecule has 0 N–H and O–H groups in total. The SMILES string of the molecule is CCCCCCCCCCCCCCCCN1C=CN(CCCCCCC)C1CCCCCCCCC. The maximum Gasteiger partial charge on any atom is 0.101 e. The maximum atomic E-state index is 2.70. The first-order valence-corrected chi connectivity index (χ1v) is 17.5. The third-order valence-corrected chi connectivity index (χ3v) is 8.57. The number of nitrogens with zero attached hydrogens (tertiary/aromatic N) is 2. The van der Waals surface area contributed by atoms with E-state index >= 15 is 0 Å². The van der Waals surface area contributed by atoms with E-state index in [2.05, 4.69) is 43.0 Å². The van der Waals surface area contributed by atoms with E-state index in [1.165, 1.54) is 186 Å². The first-order valence-electron chi connectivity index (χ1n) is 17.5. The summed E-state index contributed by atoms with van der Waals surface area (Å²) < 4.78 is 0. The lowest BCUT2D eigenvalue weighted by molar-refractivity contribution is 0.135. The summed E-state index contributed by atoms with van der Waals surface area (Å²) in [6, 6.07) is 0. The van der Waals surface area contributed by atoms with Crippen LogP contribution in [0.2, 0.25) is 0 Å². The molecule has 0 aromatic heterocycles. The minimum Gasteiger partial charge on any atom is -0.356 e. The predicted octanol–water partition coefficient (Wildman–Crippen LogP) is 12.0. The van der Waals surface area contributed by atoms with Crippen molar-refractivity contribution in [2.24, 2.45) is 0 Å². The molecule has 1 rings (SSSR count). The zero-order valence-corrected chi connectivity index (χ0v) is 26.1. The van der Waals surface area contributed by atoms with Crippen LogP contribution in [-0.4, -0.2) is 29.1 Å². The van der Waals surface area contributed by atoms with Gasteiger partial charge in [0.25, 0.3) is 0 Å². The smallest absolute Gasteiger partial charge is 0.101 e. The molecule has 0 amide bonds. The molecule has 2 nitrogen and oxygen atoms in total. The molecule has 0 spiro atoms. The standard InChI is InChI=1S/C35H70N2/c1-4-7-10-13-15-16-17-18-19-20-21-23-26-29-32-37-34-33-36(31-28-25-12-9-6-3)35(37)30-27-24-22-14-11-8-5-2/h33-35H,4-32H2,1-3H3. The Balaban J connectivity index is 2.14. The van der Waals surface area contributed by atoms with Gasteiger partial charge < -0.3 is 9.80 Å². The van der Waals surface area contributed by atoms with E-state index in [4.69, 9.17) is 0 Å². The van der Waals surface area contributed by atoms with Crippen LogP contribution in [0.3, 0.4) is 0 Å². The van der Waals surface area contributed by atoms with Crippen molar-refractivity contribution in [3.63, 3.8) is 0 Å². The molecular formula is C35H70N2. The molecule has 0 saturated carbocycles. The van der Waals surface area contributed by atoms with Gasteiger partial charge in [-0.05, 0) is 25.7 Å². The van der Waals surface area contributed by atoms with Gasteiger partial charge in [-0.3, -0.25) is 0 Å². The molecule has 0 aliphatic carbocycles. The van der Waals surface area contributed by atoms with Crippen molar-refractivity contribution in [2.45, 2.75) is 200 Å². The summed E-state index contributed by atoms with van der Waals surface area (Å²) in [5.41, 5.74) is 0. The average molecular weight is 519 g/mol. The Morgan fingerprint density at radius 3 is 0.946 bits per heavy atom. The largest absolute Gasteiger partial charge is 0.356 e. The summed E-state index contributed by atoms with van der Waals surface area (Å²) in [5, 5.41) is 0. The highest BCUT2D eigenvalue weighted by Gasteiger charge is 2.24. The van der Waals surface area contributed by atoms with Crippen molar-refractivity contribution in [3.8, 4) is 0 Å². The van der Waals surface area contributed by atoms with E-state index in [1.54, 1.807) is 0 Å². The minimum absolute atomic E-state index is 0.642. The number of unbranched alkanes of at least 4 members (excludes halogenated alkanes) is 23. The lowest BCUT2D eigenvalue weighted by atomic mass is 10.0. The van der Waals surface area contributed by atoms with E-state index in [9.17, 15) is 0 Å². The molecule has 0 radical (unpaired) electrons. The highest BCUT2D eigenvalue weighted by Crippen LogP contribution is 2.24. The number of hydrogen-bond acceptors (Lipinski definition) is 2. The van der Waals surface area contributed by atoms with E-state index in [-0.39, 0.29) is 0 Å². The normalized spacial score (nSPS) is 15.4. The Labute approximate surface area is 235 Å². The number of hydrogen-bond donors (Lipinski definition) is 0. The monoisotopic (exact) mass is 519 g/mol. The zero-order valence-electron chi connectivity index (χ0n) is 26.1. The molecule has 220 valence electrons. The fourth-order valence-electron chi connectivity index (χ4n) is 6.01. The van der Waals surface area contributed by atoms with Gasteiger partial charge in [-0.1, -0.05) is 168 Å². The average Bonchev–Trinajstić information content (AvgIpc) is 3.29. The van der Waals surface area contributed by atoms with Crippen LogP contribution in [0.25, 0.3) is 0 Å². The maximum absolute atomic E-state index is 2.70. The van der Waals surface area contributed by atoms with Crippen molar-refractivity contribution in [1.82, 2.24) is 9.80 Å². The molecular weight excluding hydrogens is 448 g/mol. The Morgan fingerprint density at radius 1 is 0.351 bits per heavy atom. The van der Waals surface area contributed by atoms with Crippen molar-refractivity contribution < 1.29 is 0 Å². The molecule has 2 heteroatoms. The van der Waals surface area contributed by atoms with Crippen LogP contribution >= 0.6 is 0 Å². The predicted molar refractivity (Wildman–Crippen MR) is 168 cm³/mol. The molecule has 0 aromatic carbocycles. The highest BCUT2D eigenvalue weighted by atomic mass is 15.4. The van der Waals surface area contributed by atoms with Gasteiger partial charge in [-0.25, -0.2) is 0 Å². The van der Waals surface area contributed by atoms with Crippen molar-refractivity contribution >= 4 is 0 Å². The van der Waals surface area contributed by atoms with E-state index in [0.717, 1.165) is 0 Å². The summed E-state index contributed by atoms with van der Waals surface area (Å²) in [4.78, 5) is 5.39. The first kappa shape index (κ1) is 34.4. The second-order valence-corrected chi connectivity index (χ2v) is 12.2. The topological polar surface area (TPSA) is 6.48 Å². The molecule has 1 aliphatic rings. The van der Waals surface area contributed by atoms with Crippen molar-refractivity contribution in [2.75, 3.05) is 13.1 Å². The fourth-order valence-corrected chi connectivity index (χ4v) is 6.01. The second-order valence-electron chi connectivity index (χ2n) is 12.2. The van der Waals surface area contributed by atoms with Crippen LogP contribution in [0.1, 0.15) is 194 Å². The molecule has 1 atom stereocenters. The van der Waals surface area contributed by atoms with Crippen molar-refractivity contribution in [3.05, 3.63) is 12.4 Å². The summed E-state index contributed by atoms with van der Waals surface area (Å²) in [7, 11) is 0. The highest BCUT2D eigenvalue weighted by molar-refractivity contribution is 4.97. The van der Waals surface area contributed by atoms with Gasteiger partial charge in [-0.2, -0.15) is 0 Å². The molecule has 0 bridgehead atoms. The van der Waals surface area contributed by atoms with Crippen LogP contribution < -0.4 is 0 Å². The van der Waals surface area contributed by atoms with Crippen molar-refractivity contribution in [1.29, 1.82) is 0 Å². The van der Waals surface area contributed by atoms with Gasteiger partial charge in [0.1, 0.15) is 6.17 Å². The third-order valence-electron chi connectivity index (χ3n) is 8.57. The van der Waals surface area contributed by atoms with Gasteiger partial charge in [0.15, 0.2) is 0 Å².